The molecule has 46 heavy (non-hydrogen) atoms. The van der Waals surface area contributed by atoms with Gasteiger partial charge in [0, 0.05) is 18.7 Å². The summed E-state index contributed by atoms with van der Waals surface area (Å²) in [4.78, 5) is 13.4. The van der Waals surface area contributed by atoms with Crippen molar-refractivity contribution in [1.29, 1.82) is 0 Å². The molecule has 0 atom stereocenters. The number of aliphatic imine (C=N–C) groups is 2. The van der Waals surface area contributed by atoms with Gasteiger partial charge in [-0.1, -0.05) is 63.6 Å². The number of benzene rings is 3. The average Bonchev–Trinajstić information content (AvgIpc) is 2.95. The molecule has 1 heterocycles. The maximum Gasteiger partial charge on any atom is 0.416 e. The van der Waals surface area contributed by atoms with Crippen LogP contribution >= 0.6 is 11.6 Å². The van der Waals surface area contributed by atoms with E-state index in [4.69, 9.17) is 21.6 Å². The second-order valence-corrected chi connectivity index (χ2v) is 12.8. The largest absolute Gasteiger partial charge is 0.416 e. The molecule has 0 N–H and O–H groups in total. The van der Waals surface area contributed by atoms with E-state index in [1.54, 1.807) is 17.9 Å². The highest BCUT2D eigenvalue weighted by atomic mass is 35.5. The minimum absolute atomic E-state index is 0.0339. The molecule has 4 rings (SSSR count). The zero-order chi connectivity index (χ0) is 34.1. The molecule has 1 aliphatic heterocycles. The van der Waals surface area contributed by atoms with E-state index in [0.717, 1.165) is 34.5 Å². The van der Waals surface area contributed by atoms with Crippen LogP contribution < -0.4 is 0 Å². The van der Waals surface area contributed by atoms with Crippen molar-refractivity contribution in [3.63, 3.8) is 0 Å². The minimum Gasteiger partial charge on any atom is -0.342 e. The molecule has 0 saturated carbocycles. The number of alkyl halides is 6. The lowest BCUT2D eigenvalue weighted by Gasteiger charge is -2.39. The third kappa shape index (κ3) is 8.06. The summed E-state index contributed by atoms with van der Waals surface area (Å²) < 4.78 is 83.6. The lowest BCUT2D eigenvalue weighted by atomic mass is 9.93. The number of hydrogen-bond acceptors (Lipinski definition) is 2. The minimum atomic E-state index is -5.01. The van der Waals surface area contributed by atoms with Gasteiger partial charge in [0.25, 0.3) is 0 Å². The molecule has 3 aromatic rings. The number of para-hydroxylation sites is 1. The summed E-state index contributed by atoms with van der Waals surface area (Å²) >= 11 is 6.55. The fourth-order valence-corrected chi connectivity index (χ4v) is 6.03. The van der Waals surface area contributed by atoms with Gasteiger partial charge in [0.2, 0.25) is 0 Å². The van der Waals surface area contributed by atoms with E-state index in [0.29, 0.717) is 30.9 Å². The van der Waals surface area contributed by atoms with E-state index in [-0.39, 0.29) is 46.7 Å². The molecule has 0 amide bonds. The Kier molecular flexibility index (Phi) is 10.5. The Balaban J connectivity index is 1.87. The number of rotatable bonds is 5. The summed E-state index contributed by atoms with van der Waals surface area (Å²) in [7, 11) is 0. The van der Waals surface area contributed by atoms with Crippen LogP contribution in [0.3, 0.4) is 0 Å². The van der Waals surface area contributed by atoms with Crippen molar-refractivity contribution in [1.82, 2.24) is 9.80 Å². The van der Waals surface area contributed by atoms with Crippen molar-refractivity contribution >= 4 is 34.6 Å². The lowest BCUT2D eigenvalue weighted by molar-refractivity contribution is -0.143. The Labute approximate surface area is 271 Å². The summed E-state index contributed by atoms with van der Waals surface area (Å²) in [6.07, 6.45) is -9.44. The third-order valence-corrected chi connectivity index (χ3v) is 8.32. The fraction of sp³-hybridized carbons (Fsp3) is 0.429. The Bertz CT molecular complexity index is 1560. The Morgan fingerprint density at radius 3 is 1.80 bits per heavy atom. The van der Waals surface area contributed by atoms with E-state index in [1.165, 1.54) is 0 Å². The number of halogens is 7. The van der Waals surface area contributed by atoms with Crippen molar-refractivity contribution in [3.8, 4) is 0 Å². The molecule has 248 valence electrons. The Hall–Kier alpha value is -3.53. The molecule has 0 unspecified atom stereocenters. The van der Waals surface area contributed by atoms with Gasteiger partial charge in [0.05, 0.1) is 34.2 Å². The molecule has 0 aromatic heterocycles. The highest BCUT2D eigenvalue weighted by Crippen LogP contribution is 2.39. The standard InChI is InChI=1S/C35H39ClF6N4/c1-20(2)28-10-8-11-29(21(3)4)32(28)43-24(7)45-12-9-13-46(19-45)33(44-31-23(6)14-22(5)15-30(31)36)25-16-26(34(37,38)39)18-27(17-25)35(40,41)42/h8,10-11,14-18,20-21H,9,12-13,19H2,1-7H3. The summed E-state index contributed by atoms with van der Waals surface area (Å²) in [6.45, 7) is 14.9. The maximum absolute atomic E-state index is 13.9. The molecule has 1 saturated heterocycles. The quantitative estimate of drug-likeness (QED) is 0.154. The first-order chi connectivity index (χ1) is 21.4. The first kappa shape index (κ1) is 35.3. The van der Waals surface area contributed by atoms with Crippen LogP contribution in [-0.2, 0) is 12.4 Å². The molecule has 0 spiro atoms. The normalized spacial score (nSPS) is 15.4. The van der Waals surface area contributed by atoms with Crippen LogP contribution in [0.5, 0.6) is 0 Å². The van der Waals surface area contributed by atoms with Gasteiger partial charge in [-0.2, -0.15) is 26.3 Å². The van der Waals surface area contributed by atoms with Crippen molar-refractivity contribution in [2.45, 2.75) is 79.1 Å². The predicted octanol–water partition coefficient (Wildman–Crippen LogP) is 11.0. The van der Waals surface area contributed by atoms with E-state index in [1.807, 2.05) is 30.9 Å². The molecule has 1 fully saturated rings. The third-order valence-electron chi connectivity index (χ3n) is 8.03. The van der Waals surface area contributed by atoms with Gasteiger partial charge in [-0.05, 0) is 85.5 Å². The molecule has 3 aromatic carbocycles. The fourth-order valence-electron chi connectivity index (χ4n) is 5.67. The topological polar surface area (TPSA) is 31.2 Å². The van der Waals surface area contributed by atoms with E-state index < -0.39 is 23.5 Å². The van der Waals surface area contributed by atoms with Crippen molar-refractivity contribution in [2.75, 3.05) is 19.8 Å². The predicted molar refractivity (Wildman–Crippen MR) is 174 cm³/mol. The van der Waals surface area contributed by atoms with Crippen molar-refractivity contribution in [3.05, 3.63) is 92.5 Å². The monoisotopic (exact) mass is 664 g/mol. The van der Waals surface area contributed by atoms with E-state index in [9.17, 15) is 26.3 Å². The summed E-state index contributed by atoms with van der Waals surface area (Å²) in [6, 6.07) is 11.2. The number of aryl methyl sites for hydroxylation is 2. The summed E-state index contributed by atoms with van der Waals surface area (Å²) in [5.41, 5.74) is 1.72. The first-order valence-corrected chi connectivity index (χ1v) is 15.6. The molecule has 4 nitrogen and oxygen atoms in total. The molecule has 0 aliphatic carbocycles. The summed E-state index contributed by atoms with van der Waals surface area (Å²) in [5, 5.41) is 0.246. The van der Waals surface area contributed by atoms with Crippen LogP contribution in [0, 0.1) is 13.8 Å². The molecule has 11 heteroatoms. The van der Waals surface area contributed by atoms with Gasteiger partial charge in [-0.3, -0.25) is 0 Å². The van der Waals surface area contributed by atoms with Gasteiger partial charge >= 0.3 is 12.4 Å². The van der Waals surface area contributed by atoms with Gasteiger partial charge in [0.15, 0.2) is 0 Å². The summed E-state index contributed by atoms with van der Waals surface area (Å²) in [5.74, 6) is 1.08. The van der Waals surface area contributed by atoms with Crippen molar-refractivity contribution < 1.29 is 26.3 Å². The van der Waals surface area contributed by atoms with E-state index >= 15 is 0 Å². The molecule has 0 radical (unpaired) electrons. The van der Waals surface area contributed by atoms with Gasteiger partial charge in [-0.25, -0.2) is 9.98 Å². The SMILES string of the molecule is CC(=Nc1c(C(C)C)cccc1C(C)C)N1CCCN(C(=Nc2c(C)cc(C)cc2Cl)c2cc(C(F)(F)F)cc(C(F)(F)F)c2)C1. The molecule has 1 aliphatic rings. The highest BCUT2D eigenvalue weighted by Gasteiger charge is 2.38. The smallest absolute Gasteiger partial charge is 0.342 e. The second-order valence-electron chi connectivity index (χ2n) is 12.4. The van der Waals surface area contributed by atoms with Gasteiger partial charge in [-0.15, -0.1) is 0 Å². The number of hydrogen-bond donors (Lipinski definition) is 0. The number of amidine groups is 2. The van der Waals surface area contributed by atoms with Crippen molar-refractivity contribution in [2.24, 2.45) is 9.98 Å². The Morgan fingerprint density at radius 2 is 1.30 bits per heavy atom. The van der Waals surface area contributed by atoms with Gasteiger partial charge in [0.1, 0.15) is 11.7 Å². The molecule has 0 bridgehead atoms. The van der Waals surface area contributed by atoms with Gasteiger partial charge < -0.3 is 9.80 Å². The van der Waals surface area contributed by atoms with E-state index in [2.05, 4.69) is 39.8 Å². The first-order valence-electron chi connectivity index (χ1n) is 15.2. The maximum atomic E-state index is 13.9. The van der Waals surface area contributed by atoms with Crippen LogP contribution in [-0.4, -0.2) is 41.2 Å². The highest BCUT2D eigenvalue weighted by molar-refractivity contribution is 6.33. The van der Waals surface area contributed by atoms with Crippen LogP contribution in [0.25, 0.3) is 0 Å². The molecular formula is C35H39ClF6N4. The second kappa shape index (κ2) is 13.7. The Morgan fingerprint density at radius 1 is 0.761 bits per heavy atom. The van der Waals surface area contributed by atoms with Crippen LogP contribution in [0.15, 0.2) is 58.5 Å². The zero-order valence-electron chi connectivity index (χ0n) is 27.0. The van der Waals surface area contributed by atoms with Crippen LogP contribution in [0.1, 0.15) is 91.8 Å². The zero-order valence-corrected chi connectivity index (χ0v) is 27.8. The average molecular weight is 665 g/mol. The molecular weight excluding hydrogens is 626 g/mol. The van der Waals surface area contributed by atoms with Crippen LogP contribution in [0.2, 0.25) is 5.02 Å². The van der Waals surface area contributed by atoms with Crippen LogP contribution in [0.4, 0.5) is 37.7 Å². The lowest BCUT2D eigenvalue weighted by Crippen LogP contribution is -2.49. The number of nitrogens with zero attached hydrogens (tertiary/aromatic N) is 4.